The summed E-state index contributed by atoms with van der Waals surface area (Å²) in [6.07, 6.45) is 0. The molecule has 0 aromatic heterocycles. The van der Waals surface area contributed by atoms with Gasteiger partial charge < -0.3 is 0 Å². The Hall–Kier alpha value is -1.29. The van der Waals surface area contributed by atoms with E-state index in [0.29, 0.717) is 20.2 Å². The quantitative estimate of drug-likeness (QED) is 0.622. The molecule has 0 amide bonds. The molecule has 0 spiro atoms. The van der Waals surface area contributed by atoms with E-state index in [0.717, 1.165) is 0 Å². The minimum atomic E-state index is -4.09. The standard InChI is InChI=1S/C12H9AsO4S/c14-18(15,16)13-9-5-1-3-7-11(9)17-12-8-4-2-6-10(12)13/h1-8H,(H,14,15,16). The minimum absolute atomic E-state index is 0.522. The van der Waals surface area contributed by atoms with Gasteiger partial charge in [0, 0.05) is 0 Å². The Morgan fingerprint density at radius 3 is 1.78 bits per heavy atom. The molecule has 1 heterocycles. The maximum atomic E-state index is 11.7. The van der Waals surface area contributed by atoms with Gasteiger partial charge in [0.1, 0.15) is 0 Å². The predicted octanol–water partition coefficient (Wildman–Crippen LogP) is 0.786. The molecule has 0 fully saturated rings. The number of hydrogen-bond donors (Lipinski definition) is 1. The predicted molar refractivity (Wildman–Crippen MR) is 69.5 cm³/mol. The van der Waals surface area contributed by atoms with Gasteiger partial charge in [0.2, 0.25) is 0 Å². The Morgan fingerprint density at radius 1 is 0.889 bits per heavy atom. The van der Waals surface area contributed by atoms with Crippen LogP contribution in [-0.4, -0.2) is 26.5 Å². The van der Waals surface area contributed by atoms with Crippen molar-refractivity contribution in [2.75, 3.05) is 0 Å². The van der Waals surface area contributed by atoms with Crippen molar-refractivity contribution in [3.8, 4) is 11.5 Å². The SMILES string of the molecule is O=S(=O)(O)[As]1c2ccccc2Oc2ccccc21. The molecule has 0 unspecified atom stereocenters. The van der Waals surface area contributed by atoms with Crippen LogP contribution in [0.4, 0.5) is 0 Å². The molecule has 0 saturated heterocycles. The number of hydrogen-bond acceptors (Lipinski definition) is 3. The van der Waals surface area contributed by atoms with Gasteiger partial charge in [-0.25, -0.2) is 0 Å². The number of fused-ring (bicyclic) bond motifs is 2. The summed E-state index contributed by atoms with van der Waals surface area (Å²) >= 11 is -2.79. The number of rotatable bonds is 1. The van der Waals surface area contributed by atoms with Crippen LogP contribution in [0.3, 0.4) is 0 Å². The Balaban J connectivity index is 2.31. The molecule has 2 aromatic carbocycles. The van der Waals surface area contributed by atoms with Crippen LogP contribution in [0.15, 0.2) is 48.5 Å². The van der Waals surface area contributed by atoms with E-state index in [-0.39, 0.29) is 0 Å². The summed E-state index contributed by atoms with van der Waals surface area (Å²) in [5, 5.41) is 0. The second-order valence-corrected chi connectivity index (χ2v) is 12.7. The fourth-order valence-corrected chi connectivity index (χ4v) is 9.93. The first-order chi connectivity index (χ1) is 8.57. The molecule has 6 heteroatoms. The number of benzene rings is 2. The van der Waals surface area contributed by atoms with Crippen LogP contribution in [0, 0.1) is 0 Å². The summed E-state index contributed by atoms with van der Waals surface area (Å²) in [5.74, 6) is 1.04. The molecular weight excluding hydrogens is 315 g/mol. The second kappa shape index (κ2) is 4.12. The van der Waals surface area contributed by atoms with Crippen molar-refractivity contribution in [2.24, 2.45) is 0 Å². The van der Waals surface area contributed by atoms with Crippen molar-refractivity contribution >= 4 is 30.6 Å². The summed E-state index contributed by atoms with van der Waals surface area (Å²) in [7, 11) is -4.09. The van der Waals surface area contributed by atoms with Crippen LogP contribution in [0.2, 0.25) is 0 Å². The molecule has 2 aromatic rings. The third kappa shape index (κ3) is 1.84. The second-order valence-electron chi connectivity index (χ2n) is 3.78. The molecule has 0 saturated carbocycles. The fraction of sp³-hybridized carbons (Fsp3) is 0. The van der Waals surface area contributed by atoms with Crippen molar-refractivity contribution in [3.63, 3.8) is 0 Å². The Morgan fingerprint density at radius 2 is 1.33 bits per heavy atom. The topological polar surface area (TPSA) is 63.6 Å². The van der Waals surface area contributed by atoms with Gasteiger partial charge in [0.15, 0.2) is 0 Å². The summed E-state index contributed by atoms with van der Waals surface area (Å²) in [4.78, 5) is 0. The summed E-state index contributed by atoms with van der Waals surface area (Å²) in [5.41, 5.74) is 0. The van der Waals surface area contributed by atoms with Crippen LogP contribution in [0.1, 0.15) is 0 Å². The molecule has 1 aliphatic heterocycles. The van der Waals surface area contributed by atoms with E-state index in [1.807, 2.05) is 0 Å². The number of para-hydroxylation sites is 2. The van der Waals surface area contributed by atoms with Crippen LogP contribution in [0.25, 0.3) is 0 Å². The van der Waals surface area contributed by atoms with E-state index < -0.39 is 21.9 Å². The molecule has 0 atom stereocenters. The molecule has 1 N–H and O–H groups in total. The van der Waals surface area contributed by atoms with E-state index in [1.165, 1.54) is 0 Å². The van der Waals surface area contributed by atoms with Crippen molar-refractivity contribution in [2.45, 2.75) is 0 Å². The van der Waals surface area contributed by atoms with Gasteiger partial charge in [-0.1, -0.05) is 0 Å². The molecule has 0 bridgehead atoms. The van der Waals surface area contributed by atoms with Gasteiger partial charge >= 0.3 is 108 Å². The average Bonchev–Trinajstić information content (AvgIpc) is 2.34. The molecule has 92 valence electrons. The van der Waals surface area contributed by atoms with Gasteiger partial charge in [-0.2, -0.15) is 0 Å². The molecular formula is C12H9AsO4S. The zero-order chi connectivity index (χ0) is 12.8. The summed E-state index contributed by atoms with van der Waals surface area (Å²) < 4.78 is 39.7. The Labute approximate surface area is 108 Å². The monoisotopic (exact) mass is 324 g/mol. The molecule has 0 radical (unpaired) electrons. The number of ether oxygens (including phenoxy) is 1. The van der Waals surface area contributed by atoms with E-state index in [2.05, 4.69) is 0 Å². The van der Waals surface area contributed by atoms with Gasteiger partial charge in [-0.3, -0.25) is 0 Å². The van der Waals surface area contributed by atoms with Crippen LogP contribution < -0.4 is 13.4 Å². The summed E-state index contributed by atoms with van der Waals surface area (Å²) in [6.45, 7) is 0. The zero-order valence-corrected chi connectivity index (χ0v) is 11.8. The van der Waals surface area contributed by atoms with Gasteiger partial charge in [-0.05, 0) is 0 Å². The first-order valence-corrected chi connectivity index (χ1v) is 10.8. The average molecular weight is 324 g/mol. The van der Waals surface area contributed by atoms with Gasteiger partial charge in [0.25, 0.3) is 0 Å². The van der Waals surface area contributed by atoms with Crippen LogP contribution >= 0.6 is 0 Å². The van der Waals surface area contributed by atoms with E-state index in [9.17, 15) is 13.0 Å². The third-order valence-corrected chi connectivity index (χ3v) is 11.4. The fourth-order valence-electron chi connectivity index (χ4n) is 1.92. The normalized spacial score (nSPS) is 14.5. The van der Waals surface area contributed by atoms with E-state index in [4.69, 9.17) is 4.74 Å². The van der Waals surface area contributed by atoms with Crippen LogP contribution in [-0.2, 0) is 8.38 Å². The Bertz CT molecular complexity index is 666. The summed E-state index contributed by atoms with van der Waals surface area (Å²) in [6, 6.07) is 13.9. The molecule has 0 aliphatic carbocycles. The third-order valence-electron chi connectivity index (χ3n) is 2.62. The van der Waals surface area contributed by atoms with Gasteiger partial charge in [-0.15, -0.1) is 0 Å². The van der Waals surface area contributed by atoms with Crippen LogP contribution in [0.5, 0.6) is 11.5 Å². The van der Waals surface area contributed by atoms with Crippen molar-refractivity contribution in [1.29, 1.82) is 0 Å². The molecule has 1 aliphatic rings. The zero-order valence-electron chi connectivity index (χ0n) is 9.15. The Kier molecular flexibility index (Phi) is 2.70. The maximum absolute atomic E-state index is 11.7. The first-order valence-electron chi connectivity index (χ1n) is 5.21. The van der Waals surface area contributed by atoms with Gasteiger partial charge in [0.05, 0.1) is 0 Å². The molecule has 4 nitrogen and oxygen atoms in total. The first kappa shape index (κ1) is 11.8. The van der Waals surface area contributed by atoms with Crippen molar-refractivity contribution in [1.82, 2.24) is 0 Å². The van der Waals surface area contributed by atoms with Crippen molar-refractivity contribution < 1.29 is 17.7 Å². The molecule has 18 heavy (non-hydrogen) atoms. The molecule has 3 rings (SSSR count). The van der Waals surface area contributed by atoms with E-state index >= 15 is 0 Å². The van der Waals surface area contributed by atoms with Crippen molar-refractivity contribution in [3.05, 3.63) is 48.5 Å². The van der Waals surface area contributed by atoms with E-state index in [1.54, 1.807) is 48.5 Å².